The monoisotopic (exact) mass is 223 g/mol. The number of carbonyl (C=O) groups excluding carboxylic acids is 1. The Kier molecular flexibility index (Phi) is 4.14. The summed E-state index contributed by atoms with van der Waals surface area (Å²) in [5.74, 6) is 4.43. The average Bonchev–Trinajstić information content (AvgIpc) is 2.17. The lowest BCUT2D eigenvalue weighted by molar-refractivity contribution is -0.136. The maximum atomic E-state index is 10.9. The molecule has 1 aromatic rings. The number of ether oxygens (including phenoxy) is 1. The third-order valence-electron chi connectivity index (χ3n) is 1.60. The second kappa shape index (κ2) is 5.38. The number of rotatable bonds is 1. The quantitative estimate of drug-likeness (QED) is 0.540. The zero-order valence-electron chi connectivity index (χ0n) is 8.50. The van der Waals surface area contributed by atoms with E-state index in [-0.39, 0.29) is 0 Å². The number of hydrogen-bond acceptors (Lipinski definition) is 3. The van der Waals surface area contributed by atoms with Crippen molar-refractivity contribution in [3.63, 3.8) is 0 Å². The van der Waals surface area contributed by atoms with Gasteiger partial charge in [0.2, 0.25) is 0 Å². The van der Waals surface area contributed by atoms with Gasteiger partial charge < -0.3 is 4.74 Å². The summed E-state index contributed by atoms with van der Waals surface area (Å²) in [4.78, 5) is 14.9. The molecule has 0 amide bonds. The molecule has 0 saturated heterocycles. The standard InChI is InChI=1S/C11H10ClNO2/c1-3-15-11(14)5-4-10-8(2)6-9(12)7-13-10/h6-7H,3H2,1-2H3. The molecule has 78 valence electrons. The Morgan fingerprint density at radius 3 is 3.00 bits per heavy atom. The molecule has 0 bridgehead atoms. The van der Waals surface area contributed by atoms with Crippen LogP contribution in [0.25, 0.3) is 0 Å². The molecule has 1 rings (SSSR count). The van der Waals surface area contributed by atoms with Crippen LogP contribution in [-0.2, 0) is 9.53 Å². The van der Waals surface area contributed by atoms with E-state index in [4.69, 9.17) is 11.6 Å². The van der Waals surface area contributed by atoms with Gasteiger partial charge in [0.25, 0.3) is 0 Å². The van der Waals surface area contributed by atoms with Crippen LogP contribution in [-0.4, -0.2) is 17.6 Å². The Balaban J connectivity index is 2.84. The Morgan fingerprint density at radius 1 is 1.67 bits per heavy atom. The fraction of sp³-hybridized carbons (Fsp3) is 0.273. The smallest absolute Gasteiger partial charge is 0.384 e. The molecular formula is C11H10ClNO2. The number of pyridine rings is 1. The summed E-state index contributed by atoms with van der Waals surface area (Å²) in [6.45, 7) is 3.87. The maximum Gasteiger partial charge on any atom is 0.384 e. The van der Waals surface area contributed by atoms with Crippen LogP contribution < -0.4 is 0 Å². The molecule has 0 radical (unpaired) electrons. The van der Waals surface area contributed by atoms with Crippen LogP contribution in [0.3, 0.4) is 0 Å². The van der Waals surface area contributed by atoms with Crippen molar-refractivity contribution in [3.8, 4) is 11.8 Å². The summed E-state index contributed by atoms with van der Waals surface area (Å²) >= 11 is 5.73. The minimum atomic E-state index is -0.548. The number of halogens is 1. The molecule has 0 N–H and O–H groups in total. The van der Waals surface area contributed by atoms with Crippen molar-refractivity contribution >= 4 is 17.6 Å². The predicted molar refractivity (Wildman–Crippen MR) is 57.5 cm³/mol. The van der Waals surface area contributed by atoms with Crippen molar-refractivity contribution < 1.29 is 9.53 Å². The maximum absolute atomic E-state index is 10.9. The van der Waals surface area contributed by atoms with Crippen molar-refractivity contribution in [3.05, 3.63) is 28.5 Å². The number of hydrogen-bond donors (Lipinski definition) is 0. The van der Waals surface area contributed by atoms with Crippen molar-refractivity contribution in [1.82, 2.24) is 4.98 Å². The highest BCUT2D eigenvalue weighted by Gasteiger charge is 1.98. The number of esters is 1. The summed E-state index contributed by atoms with van der Waals surface area (Å²) in [6, 6.07) is 1.74. The molecule has 4 heteroatoms. The molecule has 0 saturated carbocycles. The Hall–Kier alpha value is -1.53. The van der Waals surface area contributed by atoms with E-state index in [1.165, 1.54) is 6.20 Å². The zero-order valence-corrected chi connectivity index (χ0v) is 9.26. The fourth-order valence-corrected chi connectivity index (χ4v) is 1.16. The summed E-state index contributed by atoms with van der Waals surface area (Å²) < 4.78 is 4.66. The van der Waals surface area contributed by atoms with Gasteiger partial charge in [0.05, 0.1) is 11.6 Å². The van der Waals surface area contributed by atoms with Crippen molar-refractivity contribution in [2.45, 2.75) is 13.8 Å². The van der Waals surface area contributed by atoms with Gasteiger partial charge in [-0.15, -0.1) is 0 Å². The van der Waals surface area contributed by atoms with Gasteiger partial charge in [-0.2, -0.15) is 0 Å². The van der Waals surface area contributed by atoms with E-state index in [1.54, 1.807) is 13.0 Å². The van der Waals surface area contributed by atoms with Gasteiger partial charge in [0, 0.05) is 12.1 Å². The molecule has 0 aliphatic rings. The highest BCUT2D eigenvalue weighted by atomic mass is 35.5. The van der Waals surface area contributed by atoms with Crippen molar-refractivity contribution in [2.75, 3.05) is 6.61 Å². The van der Waals surface area contributed by atoms with Gasteiger partial charge in [0.15, 0.2) is 0 Å². The third kappa shape index (κ3) is 3.61. The molecule has 0 atom stereocenters. The van der Waals surface area contributed by atoms with Gasteiger partial charge in [-0.05, 0) is 31.4 Å². The molecule has 3 nitrogen and oxygen atoms in total. The van der Waals surface area contributed by atoms with E-state index in [0.29, 0.717) is 17.3 Å². The van der Waals surface area contributed by atoms with Crippen LogP contribution in [0.15, 0.2) is 12.3 Å². The lowest BCUT2D eigenvalue weighted by Crippen LogP contribution is -2.00. The van der Waals surface area contributed by atoms with Gasteiger partial charge in [-0.3, -0.25) is 0 Å². The number of aromatic nitrogens is 1. The van der Waals surface area contributed by atoms with Crippen molar-refractivity contribution in [2.24, 2.45) is 0 Å². The third-order valence-corrected chi connectivity index (χ3v) is 1.81. The molecular weight excluding hydrogens is 214 g/mol. The first-order valence-corrected chi connectivity index (χ1v) is 4.82. The van der Waals surface area contributed by atoms with Crippen LogP contribution in [0.5, 0.6) is 0 Å². The lowest BCUT2D eigenvalue weighted by Gasteiger charge is -1.96. The summed E-state index contributed by atoms with van der Waals surface area (Å²) in [5, 5.41) is 0.550. The van der Waals surface area contributed by atoms with Gasteiger partial charge in [-0.1, -0.05) is 11.6 Å². The largest absolute Gasteiger partial charge is 0.456 e. The van der Waals surface area contributed by atoms with E-state index in [2.05, 4.69) is 21.6 Å². The molecule has 1 heterocycles. The number of carbonyl (C=O) groups is 1. The highest BCUT2D eigenvalue weighted by molar-refractivity contribution is 6.30. The minimum Gasteiger partial charge on any atom is -0.456 e. The van der Waals surface area contributed by atoms with Crippen LogP contribution >= 0.6 is 11.6 Å². The first-order chi connectivity index (χ1) is 7.13. The Bertz CT molecular complexity index is 432. The Labute approximate surface area is 93.4 Å². The average molecular weight is 224 g/mol. The second-order valence-corrected chi connectivity index (χ2v) is 3.23. The topological polar surface area (TPSA) is 39.2 Å². The van der Waals surface area contributed by atoms with Gasteiger partial charge in [0.1, 0.15) is 5.69 Å². The lowest BCUT2D eigenvalue weighted by atomic mass is 10.2. The first kappa shape index (κ1) is 11.5. The Morgan fingerprint density at radius 2 is 2.40 bits per heavy atom. The summed E-state index contributed by atoms with van der Waals surface area (Å²) in [6.07, 6.45) is 1.49. The zero-order chi connectivity index (χ0) is 11.3. The molecule has 0 aromatic carbocycles. The molecule has 0 aliphatic carbocycles. The van der Waals surface area contributed by atoms with Gasteiger partial charge >= 0.3 is 5.97 Å². The first-order valence-electron chi connectivity index (χ1n) is 4.44. The van der Waals surface area contributed by atoms with Crippen molar-refractivity contribution in [1.29, 1.82) is 0 Å². The van der Waals surface area contributed by atoms with Crippen LogP contribution in [0.2, 0.25) is 5.02 Å². The van der Waals surface area contributed by atoms with E-state index < -0.39 is 5.97 Å². The molecule has 15 heavy (non-hydrogen) atoms. The van der Waals surface area contributed by atoms with E-state index in [9.17, 15) is 4.79 Å². The summed E-state index contributed by atoms with van der Waals surface area (Å²) in [5.41, 5.74) is 1.37. The van der Waals surface area contributed by atoms with Crippen LogP contribution in [0, 0.1) is 18.8 Å². The highest BCUT2D eigenvalue weighted by Crippen LogP contribution is 2.10. The molecule has 1 aromatic heterocycles. The molecule has 0 fully saturated rings. The predicted octanol–water partition coefficient (Wildman–Crippen LogP) is 1.96. The normalized spacial score (nSPS) is 9.00. The molecule has 0 aliphatic heterocycles. The van der Waals surface area contributed by atoms with E-state index in [1.807, 2.05) is 6.92 Å². The van der Waals surface area contributed by atoms with Gasteiger partial charge in [-0.25, -0.2) is 9.78 Å². The fourth-order valence-electron chi connectivity index (χ4n) is 0.949. The second-order valence-electron chi connectivity index (χ2n) is 2.79. The summed E-state index contributed by atoms with van der Waals surface area (Å²) in [7, 11) is 0. The SMILES string of the molecule is CCOC(=O)C#Cc1ncc(Cl)cc1C. The van der Waals surface area contributed by atoms with E-state index in [0.717, 1.165) is 5.56 Å². The minimum absolute atomic E-state index is 0.320. The number of nitrogens with zero attached hydrogens (tertiary/aromatic N) is 1. The molecule has 0 unspecified atom stereocenters. The molecule has 0 spiro atoms. The van der Waals surface area contributed by atoms with Crippen LogP contribution in [0.4, 0.5) is 0 Å². The van der Waals surface area contributed by atoms with Crippen LogP contribution in [0.1, 0.15) is 18.2 Å². The van der Waals surface area contributed by atoms with E-state index >= 15 is 0 Å². The number of aryl methyl sites for hydroxylation is 1.